The molecular formula is C22H24N8O2. The van der Waals surface area contributed by atoms with E-state index < -0.39 is 11.3 Å². The Morgan fingerprint density at radius 1 is 1.25 bits per heavy atom. The van der Waals surface area contributed by atoms with E-state index in [1.165, 1.54) is 6.20 Å². The molecule has 2 amide bonds. The molecule has 0 bridgehead atoms. The van der Waals surface area contributed by atoms with Crippen molar-refractivity contribution in [2.75, 3.05) is 18.4 Å². The highest BCUT2D eigenvalue weighted by Crippen LogP contribution is 2.47. The Balaban J connectivity index is 1.48. The molecule has 164 valence electrons. The van der Waals surface area contributed by atoms with Gasteiger partial charge in [-0.25, -0.2) is 9.20 Å². The Morgan fingerprint density at radius 3 is 2.66 bits per heavy atom. The average Bonchev–Trinajstić information content (AvgIpc) is 3.05. The summed E-state index contributed by atoms with van der Waals surface area (Å²) >= 11 is 0. The number of aryl methyl sites for hydroxylation is 1. The van der Waals surface area contributed by atoms with Crippen LogP contribution in [0.25, 0.3) is 11.2 Å². The van der Waals surface area contributed by atoms with Crippen LogP contribution < -0.4 is 11.1 Å². The van der Waals surface area contributed by atoms with E-state index in [0.717, 1.165) is 11.3 Å². The third kappa shape index (κ3) is 3.17. The molecule has 0 aromatic carbocycles. The lowest BCUT2D eigenvalue weighted by atomic mass is 10.1. The molecule has 3 aromatic heterocycles. The van der Waals surface area contributed by atoms with E-state index in [4.69, 9.17) is 5.73 Å². The predicted molar refractivity (Wildman–Crippen MR) is 116 cm³/mol. The molecule has 32 heavy (non-hydrogen) atoms. The van der Waals surface area contributed by atoms with E-state index >= 15 is 0 Å². The zero-order valence-corrected chi connectivity index (χ0v) is 17.9. The van der Waals surface area contributed by atoms with Gasteiger partial charge in [-0.1, -0.05) is 6.92 Å². The summed E-state index contributed by atoms with van der Waals surface area (Å²) in [6, 6.07) is 3.98. The summed E-state index contributed by atoms with van der Waals surface area (Å²) in [6.07, 6.45) is 8.21. The number of amides is 2. The minimum Gasteiger partial charge on any atom is -0.378 e. The number of primary amides is 1. The third-order valence-corrected chi connectivity index (χ3v) is 6.47. The lowest BCUT2D eigenvalue weighted by molar-refractivity contribution is -0.134. The van der Waals surface area contributed by atoms with Crippen molar-refractivity contribution < 1.29 is 9.59 Å². The monoisotopic (exact) mass is 432 g/mol. The highest BCUT2D eigenvalue weighted by Gasteiger charge is 2.54. The molecule has 4 heterocycles. The van der Waals surface area contributed by atoms with Gasteiger partial charge in [0, 0.05) is 25.3 Å². The molecule has 2 fully saturated rings. The second-order valence-electron chi connectivity index (χ2n) is 8.92. The first-order valence-electron chi connectivity index (χ1n) is 10.6. The fraction of sp³-hybridized carbons (Fsp3) is 0.409. The van der Waals surface area contributed by atoms with Gasteiger partial charge in [-0.2, -0.15) is 15.5 Å². The van der Waals surface area contributed by atoms with Crippen LogP contribution >= 0.6 is 0 Å². The van der Waals surface area contributed by atoms with Gasteiger partial charge in [-0.3, -0.25) is 9.59 Å². The highest BCUT2D eigenvalue weighted by atomic mass is 16.2. The van der Waals surface area contributed by atoms with Crippen LogP contribution in [-0.2, 0) is 4.79 Å². The topological polar surface area (TPSA) is 134 Å². The molecule has 1 aliphatic heterocycles. The Bertz CT molecular complexity index is 1280. The number of hydrogen-bond donors (Lipinski definition) is 2. The van der Waals surface area contributed by atoms with E-state index in [1.54, 1.807) is 20.3 Å². The lowest BCUT2D eigenvalue weighted by Crippen LogP contribution is -2.36. The Morgan fingerprint density at radius 2 is 2.03 bits per heavy atom. The summed E-state index contributed by atoms with van der Waals surface area (Å²) in [4.78, 5) is 26.8. The molecule has 2 aliphatic rings. The largest absolute Gasteiger partial charge is 0.378 e. The van der Waals surface area contributed by atoms with Crippen molar-refractivity contribution in [2.45, 2.75) is 32.7 Å². The standard InChI is InChI=1S/C22H24N8O2/c1-13-6-25-29(8-13)15-5-18-19(16(20(24)31)7-26-30(18)10-15)27-17-11-28(9-14(17)2)21(32)22(12-23)3-4-22/h5-8,10,14,17,27H,3-4,9,11H2,1-2H3,(H2,24,31). The van der Waals surface area contributed by atoms with Gasteiger partial charge < -0.3 is 16.0 Å². The molecule has 10 nitrogen and oxygen atoms in total. The van der Waals surface area contributed by atoms with Crippen molar-refractivity contribution in [3.63, 3.8) is 0 Å². The van der Waals surface area contributed by atoms with Crippen molar-refractivity contribution in [3.05, 3.63) is 42.0 Å². The number of nitrogens with one attached hydrogen (secondary N) is 1. The normalized spacial score (nSPS) is 21.5. The SMILES string of the molecule is Cc1cnn(-c2cc3c(NC4CN(C(=O)C5(C#N)CC5)CC4C)c(C(N)=O)cnn3c2)c1. The van der Waals surface area contributed by atoms with E-state index in [9.17, 15) is 14.9 Å². The van der Waals surface area contributed by atoms with E-state index in [1.807, 2.05) is 25.4 Å². The van der Waals surface area contributed by atoms with Gasteiger partial charge in [0.15, 0.2) is 0 Å². The number of carbonyl (C=O) groups excluding carboxylic acids is 2. The fourth-order valence-corrected chi connectivity index (χ4v) is 4.37. The Hall–Kier alpha value is -3.87. The van der Waals surface area contributed by atoms with Gasteiger partial charge in [0.2, 0.25) is 5.91 Å². The number of rotatable bonds is 5. The molecule has 3 aromatic rings. The summed E-state index contributed by atoms with van der Waals surface area (Å²) in [6.45, 7) is 5.03. The van der Waals surface area contributed by atoms with Crippen LogP contribution in [-0.4, -0.2) is 55.2 Å². The molecule has 10 heteroatoms. The smallest absolute Gasteiger partial charge is 0.252 e. The number of likely N-dealkylation sites (tertiary alicyclic amines) is 1. The number of hydrogen-bond acceptors (Lipinski definition) is 6. The maximum Gasteiger partial charge on any atom is 0.252 e. The highest BCUT2D eigenvalue weighted by molar-refractivity contribution is 6.02. The number of nitrogens with zero attached hydrogens (tertiary/aromatic N) is 6. The van der Waals surface area contributed by atoms with E-state index in [0.29, 0.717) is 37.1 Å². The van der Waals surface area contributed by atoms with Crippen molar-refractivity contribution in [2.24, 2.45) is 17.1 Å². The summed E-state index contributed by atoms with van der Waals surface area (Å²) < 4.78 is 3.42. The second-order valence-corrected chi connectivity index (χ2v) is 8.92. The summed E-state index contributed by atoms with van der Waals surface area (Å²) in [5.41, 5.74) is 8.19. The first-order chi connectivity index (χ1) is 15.3. The molecule has 0 spiro atoms. The number of aromatic nitrogens is 4. The molecule has 5 rings (SSSR count). The first kappa shape index (κ1) is 20.1. The second kappa shape index (κ2) is 7.09. The number of nitriles is 1. The molecular weight excluding hydrogens is 408 g/mol. The van der Waals surface area contributed by atoms with Crippen LogP contribution in [0.2, 0.25) is 0 Å². The lowest BCUT2D eigenvalue weighted by Gasteiger charge is -2.21. The maximum atomic E-state index is 12.8. The Kier molecular flexibility index (Phi) is 4.44. The average molecular weight is 432 g/mol. The number of nitrogens with two attached hydrogens (primary N) is 1. The molecule has 3 N–H and O–H groups in total. The maximum absolute atomic E-state index is 12.8. The van der Waals surface area contributed by atoms with Gasteiger partial charge >= 0.3 is 0 Å². The van der Waals surface area contributed by atoms with Gasteiger partial charge in [0.1, 0.15) is 5.41 Å². The minimum absolute atomic E-state index is 0.0924. The molecule has 1 aliphatic carbocycles. The van der Waals surface area contributed by atoms with Crippen LogP contribution in [0.5, 0.6) is 0 Å². The van der Waals surface area contributed by atoms with E-state index in [-0.39, 0.29) is 23.4 Å². The molecule has 2 unspecified atom stereocenters. The van der Waals surface area contributed by atoms with Crippen molar-refractivity contribution in [3.8, 4) is 11.8 Å². The summed E-state index contributed by atoms with van der Waals surface area (Å²) in [5, 5.41) is 21.5. The third-order valence-electron chi connectivity index (χ3n) is 6.47. The summed E-state index contributed by atoms with van der Waals surface area (Å²) in [5.74, 6) is -0.545. The molecule has 1 saturated carbocycles. The van der Waals surface area contributed by atoms with Gasteiger partial charge in [-0.15, -0.1) is 0 Å². The van der Waals surface area contributed by atoms with Crippen molar-refractivity contribution >= 4 is 23.0 Å². The fourth-order valence-electron chi connectivity index (χ4n) is 4.37. The quantitative estimate of drug-likeness (QED) is 0.627. The zero-order chi connectivity index (χ0) is 22.6. The zero-order valence-electron chi connectivity index (χ0n) is 17.9. The van der Waals surface area contributed by atoms with Gasteiger partial charge in [0.05, 0.1) is 47.1 Å². The van der Waals surface area contributed by atoms with Crippen LogP contribution in [0, 0.1) is 29.6 Å². The predicted octanol–water partition coefficient (Wildman–Crippen LogP) is 1.49. The van der Waals surface area contributed by atoms with E-state index in [2.05, 4.69) is 28.5 Å². The molecule has 1 saturated heterocycles. The van der Waals surface area contributed by atoms with Crippen LogP contribution in [0.4, 0.5) is 5.69 Å². The number of fused-ring (bicyclic) bond motifs is 1. The van der Waals surface area contributed by atoms with Crippen LogP contribution in [0.1, 0.15) is 35.7 Å². The summed E-state index contributed by atoms with van der Waals surface area (Å²) in [7, 11) is 0. The molecule has 0 radical (unpaired) electrons. The minimum atomic E-state index is -0.838. The first-order valence-corrected chi connectivity index (χ1v) is 10.6. The molecule has 2 atom stereocenters. The van der Waals surface area contributed by atoms with Crippen LogP contribution in [0.3, 0.4) is 0 Å². The van der Waals surface area contributed by atoms with Gasteiger partial charge in [0.25, 0.3) is 5.91 Å². The van der Waals surface area contributed by atoms with Crippen LogP contribution in [0.15, 0.2) is 30.9 Å². The number of carbonyl (C=O) groups is 2. The van der Waals surface area contributed by atoms with Crippen molar-refractivity contribution in [1.82, 2.24) is 24.3 Å². The van der Waals surface area contributed by atoms with Gasteiger partial charge in [-0.05, 0) is 37.3 Å². The number of anilines is 1. The van der Waals surface area contributed by atoms with Crippen molar-refractivity contribution in [1.29, 1.82) is 5.26 Å². The Labute approximate surface area is 184 Å².